The Kier molecular flexibility index (Phi) is 3.51. The maximum absolute atomic E-state index is 13.1. The predicted octanol–water partition coefficient (Wildman–Crippen LogP) is 3.97. The number of benzene rings is 1. The molecule has 1 amide bonds. The van der Waals surface area contributed by atoms with Crippen LogP contribution in [0.5, 0.6) is 11.5 Å². The molecule has 2 aliphatic carbocycles. The number of fused-ring (bicyclic) bond motifs is 3. The van der Waals surface area contributed by atoms with Gasteiger partial charge >= 0.3 is 0 Å². The molecule has 4 heteroatoms. The van der Waals surface area contributed by atoms with Crippen molar-refractivity contribution in [2.75, 3.05) is 19.8 Å². The zero-order valence-corrected chi connectivity index (χ0v) is 15.1. The Morgan fingerprint density at radius 2 is 1.76 bits per heavy atom. The van der Waals surface area contributed by atoms with E-state index in [4.69, 9.17) is 9.47 Å². The summed E-state index contributed by atoms with van der Waals surface area (Å²) in [6.07, 6.45) is 8.23. The molecule has 0 N–H and O–H groups in total. The number of rotatable bonds is 1. The Morgan fingerprint density at radius 1 is 1.08 bits per heavy atom. The van der Waals surface area contributed by atoms with E-state index < -0.39 is 0 Å². The molecule has 2 aliphatic heterocycles. The summed E-state index contributed by atoms with van der Waals surface area (Å²) in [5.41, 5.74) is 2.82. The Bertz CT molecular complexity index is 703. The molecule has 2 fully saturated rings. The van der Waals surface area contributed by atoms with Gasteiger partial charge in [0.25, 0.3) is 0 Å². The molecule has 25 heavy (non-hydrogen) atoms. The zero-order valence-electron chi connectivity index (χ0n) is 15.1. The highest BCUT2D eigenvalue weighted by Gasteiger charge is 2.47. The second kappa shape index (κ2) is 5.65. The molecule has 1 unspecified atom stereocenters. The van der Waals surface area contributed by atoms with Crippen molar-refractivity contribution < 1.29 is 14.3 Å². The summed E-state index contributed by atoms with van der Waals surface area (Å²) in [5, 5.41) is 0. The van der Waals surface area contributed by atoms with Gasteiger partial charge < -0.3 is 14.4 Å². The first-order chi connectivity index (χ1) is 12.2. The second-order valence-electron chi connectivity index (χ2n) is 8.34. The first-order valence-electron chi connectivity index (χ1n) is 9.92. The molecule has 2 saturated carbocycles. The second-order valence-corrected chi connectivity index (χ2v) is 8.34. The Morgan fingerprint density at radius 3 is 2.40 bits per heavy atom. The van der Waals surface area contributed by atoms with Gasteiger partial charge in [-0.15, -0.1) is 0 Å². The number of nitrogens with zero attached hydrogens (tertiary/aromatic N) is 1. The van der Waals surface area contributed by atoms with Gasteiger partial charge in [0.15, 0.2) is 11.5 Å². The van der Waals surface area contributed by atoms with E-state index in [1.54, 1.807) is 0 Å². The number of carbonyl (C=O) groups excluding carboxylic acids is 1. The zero-order chi connectivity index (χ0) is 17.0. The van der Waals surface area contributed by atoms with Crippen LogP contribution in [0.25, 0.3) is 0 Å². The van der Waals surface area contributed by atoms with E-state index in [1.165, 1.54) is 43.2 Å². The normalized spacial score (nSPS) is 27.1. The molecule has 1 spiro atoms. The third-order valence-electron chi connectivity index (χ3n) is 6.97. The van der Waals surface area contributed by atoms with Crippen molar-refractivity contribution in [2.24, 2.45) is 5.92 Å². The van der Waals surface area contributed by atoms with Gasteiger partial charge in [-0.25, -0.2) is 0 Å². The van der Waals surface area contributed by atoms with Crippen molar-refractivity contribution in [3.8, 4) is 11.5 Å². The number of ether oxygens (including phenoxy) is 2. The Hall–Kier alpha value is -1.71. The van der Waals surface area contributed by atoms with Crippen molar-refractivity contribution >= 4 is 5.91 Å². The van der Waals surface area contributed by atoms with Crippen LogP contribution in [0.1, 0.15) is 69.0 Å². The highest BCUT2D eigenvalue weighted by Crippen LogP contribution is 2.52. The topological polar surface area (TPSA) is 38.8 Å². The van der Waals surface area contributed by atoms with Gasteiger partial charge in [0.05, 0.1) is 6.04 Å². The number of hydrogen-bond donors (Lipinski definition) is 0. The molecule has 0 aromatic heterocycles. The summed E-state index contributed by atoms with van der Waals surface area (Å²) < 4.78 is 11.7. The van der Waals surface area contributed by atoms with Crippen molar-refractivity contribution in [3.63, 3.8) is 0 Å². The molecular formula is C21H27NO3. The van der Waals surface area contributed by atoms with E-state index in [9.17, 15) is 4.79 Å². The molecular weight excluding hydrogens is 314 g/mol. The van der Waals surface area contributed by atoms with Crippen LogP contribution in [0.4, 0.5) is 0 Å². The predicted molar refractivity (Wildman–Crippen MR) is 95.0 cm³/mol. The van der Waals surface area contributed by atoms with Gasteiger partial charge in [-0.3, -0.25) is 4.79 Å². The molecule has 1 aromatic rings. The van der Waals surface area contributed by atoms with Crippen LogP contribution in [0.15, 0.2) is 12.1 Å². The molecule has 1 atom stereocenters. The van der Waals surface area contributed by atoms with Crippen LogP contribution in [-0.2, 0) is 10.2 Å². The number of carbonyl (C=O) groups is 1. The van der Waals surface area contributed by atoms with Gasteiger partial charge in [0.1, 0.15) is 13.2 Å². The average molecular weight is 341 g/mol. The SMILES string of the molecule is CC1c2cc3c(cc2C2(CCCC2)CN1C(=O)C1CCC1)OCCO3. The standard InChI is InChI=1S/C21H27NO3/c1-14-16-11-18-19(25-10-9-24-18)12-17(16)21(7-2-3-8-21)13-22(14)20(23)15-5-4-6-15/h11-12,14-15H,2-10,13H2,1H3. The molecule has 2 heterocycles. The number of amides is 1. The molecule has 0 saturated heterocycles. The summed E-state index contributed by atoms with van der Waals surface area (Å²) in [7, 11) is 0. The smallest absolute Gasteiger partial charge is 0.226 e. The fraction of sp³-hybridized carbons (Fsp3) is 0.667. The summed E-state index contributed by atoms with van der Waals surface area (Å²) in [5.74, 6) is 2.38. The molecule has 5 rings (SSSR count). The van der Waals surface area contributed by atoms with E-state index >= 15 is 0 Å². The monoisotopic (exact) mass is 341 g/mol. The van der Waals surface area contributed by atoms with Crippen LogP contribution in [0, 0.1) is 5.92 Å². The van der Waals surface area contributed by atoms with Gasteiger partial charge in [0.2, 0.25) is 5.91 Å². The van der Waals surface area contributed by atoms with Gasteiger partial charge in [-0.05, 0) is 55.9 Å². The quantitative estimate of drug-likeness (QED) is 0.776. The summed E-state index contributed by atoms with van der Waals surface area (Å²) >= 11 is 0. The fourth-order valence-corrected chi connectivity index (χ4v) is 5.26. The Labute approximate surface area is 149 Å². The molecule has 0 bridgehead atoms. The van der Waals surface area contributed by atoms with E-state index in [2.05, 4.69) is 24.0 Å². The van der Waals surface area contributed by atoms with Crippen molar-refractivity contribution in [3.05, 3.63) is 23.3 Å². The minimum Gasteiger partial charge on any atom is -0.486 e. The summed E-state index contributed by atoms with van der Waals surface area (Å²) in [6.45, 7) is 4.31. The molecule has 4 nitrogen and oxygen atoms in total. The van der Waals surface area contributed by atoms with Crippen molar-refractivity contribution in [2.45, 2.75) is 63.3 Å². The minimum atomic E-state index is 0.122. The van der Waals surface area contributed by atoms with E-state index in [1.807, 2.05) is 0 Å². The van der Waals surface area contributed by atoms with Crippen LogP contribution in [0.2, 0.25) is 0 Å². The summed E-state index contributed by atoms with van der Waals surface area (Å²) in [6, 6.07) is 4.52. The lowest BCUT2D eigenvalue weighted by molar-refractivity contribution is -0.142. The van der Waals surface area contributed by atoms with Crippen LogP contribution >= 0.6 is 0 Å². The minimum absolute atomic E-state index is 0.122. The highest BCUT2D eigenvalue weighted by atomic mass is 16.6. The van der Waals surface area contributed by atoms with Crippen LogP contribution in [0.3, 0.4) is 0 Å². The van der Waals surface area contributed by atoms with Crippen molar-refractivity contribution in [1.82, 2.24) is 4.90 Å². The van der Waals surface area contributed by atoms with Crippen LogP contribution < -0.4 is 9.47 Å². The number of hydrogen-bond acceptors (Lipinski definition) is 3. The maximum Gasteiger partial charge on any atom is 0.226 e. The molecule has 0 radical (unpaired) electrons. The van der Waals surface area contributed by atoms with Gasteiger partial charge in [0, 0.05) is 17.9 Å². The lowest BCUT2D eigenvalue weighted by Gasteiger charge is -2.48. The van der Waals surface area contributed by atoms with Crippen molar-refractivity contribution in [1.29, 1.82) is 0 Å². The van der Waals surface area contributed by atoms with E-state index in [0.717, 1.165) is 30.9 Å². The lowest BCUT2D eigenvalue weighted by Crippen LogP contribution is -2.51. The molecule has 134 valence electrons. The van der Waals surface area contributed by atoms with Gasteiger partial charge in [-0.1, -0.05) is 19.3 Å². The largest absolute Gasteiger partial charge is 0.486 e. The van der Waals surface area contributed by atoms with Crippen LogP contribution in [-0.4, -0.2) is 30.6 Å². The third-order valence-corrected chi connectivity index (χ3v) is 6.97. The fourth-order valence-electron chi connectivity index (χ4n) is 5.26. The van der Waals surface area contributed by atoms with E-state index in [0.29, 0.717) is 19.1 Å². The highest BCUT2D eigenvalue weighted by molar-refractivity contribution is 5.81. The Balaban J connectivity index is 1.60. The molecule has 4 aliphatic rings. The third kappa shape index (κ3) is 2.29. The average Bonchev–Trinajstić information content (AvgIpc) is 3.05. The van der Waals surface area contributed by atoms with Gasteiger partial charge in [-0.2, -0.15) is 0 Å². The lowest BCUT2D eigenvalue weighted by atomic mass is 9.71. The summed E-state index contributed by atoms with van der Waals surface area (Å²) in [4.78, 5) is 15.3. The molecule has 1 aromatic carbocycles. The maximum atomic E-state index is 13.1. The first kappa shape index (κ1) is 15.5. The van der Waals surface area contributed by atoms with E-state index in [-0.39, 0.29) is 17.4 Å². The first-order valence-corrected chi connectivity index (χ1v) is 9.92.